The standard InChI is InChI=1S/C15H14NO7Si/c1-3-22-15(21)16-11(24)8(2)13(19)23-14(20)10-7-5-4-6-9(10)12(17)18/h4-7H,3H2,1-2H3,(H,16,21)(H,17,18). The lowest BCUT2D eigenvalue weighted by atomic mass is 10.1. The molecule has 24 heavy (non-hydrogen) atoms. The number of carboxylic acids is 1. The number of hydrogen-bond donors (Lipinski definition) is 2. The summed E-state index contributed by atoms with van der Waals surface area (Å²) in [4.78, 5) is 46.2. The summed E-state index contributed by atoms with van der Waals surface area (Å²) in [5, 5.41) is 11.2. The van der Waals surface area contributed by atoms with Crippen LogP contribution in [0.3, 0.4) is 0 Å². The summed E-state index contributed by atoms with van der Waals surface area (Å²) in [7, 11) is 3.02. The van der Waals surface area contributed by atoms with Crippen LogP contribution in [0.1, 0.15) is 34.6 Å². The Morgan fingerprint density at radius 3 is 2.29 bits per heavy atom. The number of amides is 1. The minimum Gasteiger partial charge on any atom is -0.478 e. The summed E-state index contributed by atoms with van der Waals surface area (Å²) >= 11 is 0. The molecule has 0 atom stereocenters. The van der Waals surface area contributed by atoms with E-state index < -0.39 is 24.0 Å². The van der Waals surface area contributed by atoms with Crippen molar-refractivity contribution in [3.8, 4) is 0 Å². The number of carbonyl (C=O) groups is 4. The van der Waals surface area contributed by atoms with Crippen LogP contribution in [0, 0.1) is 0 Å². The number of benzene rings is 1. The van der Waals surface area contributed by atoms with Crippen molar-refractivity contribution in [1.82, 2.24) is 5.32 Å². The Balaban J connectivity index is 2.89. The third-order valence-corrected chi connectivity index (χ3v) is 3.25. The predicted octanol–water partition coefficient (Wildman–Crippen LogP) is 1.21. The maximum atomic E-state index is 12.0. The topological polar surface area (TPSA) is 119 Å². The van der Waals surface area contributed by atoms with E-state index in [9.17, 15) is 19.2 Å². The number of rotatable bonds is 5. The molecule has 0 saturated carbocycles. The molecule has 0 aliphatic rings. The van der Waals surface area contributed by atoms with Crippen molar-refractivity contribution in [3.05, 3.63) is 46.3 Å². The average molecular weight is 348 g/mol. The molecule has 9 heteroatoms. The van der Waals surface area contributed by atoms with Crippen LogP contribution in [0.2, 0.25) is 0 Å². The van der Waals surface area contributed by atoms with Crippen LogP contribution in [0.4, 0.5) is 4.79 Å². The van der Waals surface area contributed by atoms with Crippen LogP contribution in [0.5, 0.6) is 0 Å². The molecule has 1 amide bonds. The largest absolute Gasteiger partial charge is 0.478 e. The summed E-state index contributed by atoms with van der Waals surface area (Å²) in [5.74, 6) is -3.50. The minimum atomic E-state index is -1.33. The van der Waals surface area contributed by atoms with Gasteiger partial charge in [0.15, 0.2) is 0 Å². The van der Waals surface area contributed by atoms with E-state index in [1.807, 2.05) is 0 Å². The molecule has 0 spiro atoms. The van der Waals surface area contributed by atoms with E-state index in [1.165, 1.54) is 31.2 Å². The molecule has 0 saturated heterocycles. The number of alkyl carbamates (subject to hydrolysis) is 1. The Morgan fingerprint density at radius 2 is 1.75 bits per heavy atom. The minimum absolute atomic E-state index is 0.0437. The zero-order valence-corrected chi connectivity index (χ0v) is 13.9. The number of carboxylic acid groups (broad SMARTS) is 1. The van der Waals surface area contributed by atoms with Gasteiger partial charge in [-0.2, -0.15) is 0 Å². The van der Waals surface area contributed by atoms with Gasteiger partial charge in [-0.25, -0.2) is 19.2 Å². The molecule has 0 fully saturated rings. The Hall–Kier alpha value is -2.94. The molecule has 0 heterocycles. The summed E-state index contributed by atoms with van der Waals surface area (Å²) in [6.07, 6.45) is -0.794. The number of ether oxygens (including phenoxy) is 2. The quantitative estimate of drug-likeness (QED) is 0.355. The SMILES string of the molecule is CCOC(=O)NC([Si])=C(C)C(=O)OC(=O)c1ccccc1C(=O)O. The van der Waals surface area contributed by atoms with Gasteiger partial charge in [-0.3, -0.25) is 5.32 Å². The van der Waals surface area contributed by atoms with Crippen LogP contribution in [0.15, 0.2) is 35.2 Å². The molecule has 1 aromatic rings. The third-order valence-electron chi connectivity index (χ3n) is 2.75. The maximum absolute atomic E-state index is 12.0. The fourth-order valence-corrected chi connectivity index (χ4v) is 1.73. The molecule has 0 aliphatic heterocycles. The zero-order chi connectivity index (χ0) is 18.3. The fourth-order valence-electron chi connectivity index (χ4n) is 1.53. The number of carbonyl (C=O) groups excluding carboxylic acids is 3. The highest BCUT2D eigenvalue weighted by molar-refractivity contribution is 6.25. The van der Waals surface area contributed by atoms with Gasteiger partial charge in [0.1, 0.15) is 0 Å². The first-order valence-electron chi connectivity index (χ1n) is 6.73. The highest BCUT2D eigenvalue weighted by Crippen LogP contribution is 2.12. The predicted molar refractivity (Wildman–Crippen MR) is 82.4 cm³/mol. The summed E-state index contributed by atoms with van der Waals surface area (Å²) in [5.41, 5.74) is -0.666. The van der Waals surface area contributed by atoms with Crippen molar-refractivity contribution in [1.29, 1.82) is 0 Å². The van der Waals surface area contributed by atoms with Crippen molar-refractivity contribution < 1.29 is 33.8 Å². The van der Waals surface area contributed by atoms with Gasteiger partial charge in [-0.15, -0.1) is 0 Å². The molecule has 0 aliphatic carbocycles. The second-order valence-corrected chi connectivity index (χ2v) is 4.87. The molecule has 0 aromatic heterocycles. The molecule has 1 rings (SSSR count). The van der Waals surface area contributed by atoms with Crippen molar-refractivity contribution in [3.63, 3.8) is 0 Å². The van der Waals surface area contributed by atoms with Gasteiger partial charge in [0.2, 0.25) is 0 Å². The van der Waals surface area contributed by atoms with Crippen molar-refractivity contribution in [2.45, 2.75) is 13.8 Å². The first-order chi connectivity index (χ1) is 11.3. The Bertz CT molecular complexity index is 712. The number of hydrogen-bond acceptors (Lipinski definition) is 6. The monoisotopic (exact) mass is 348 g/mol. The molecule has 2 N–H and O–H groups in total. The molecule has 1 aromatic carbocycles. The molecule has 3 radical (unpaired) electrons. The van der Waals surface area contributed by atoms with Crippen LogP contribution in [0.25, 0.3) is 0 Å². The molecule has 125 valence electrons. The zero-order valence-electron chi connectivity index (χ0n) is 12.9. The molecular formula is C15H14NO7Si. The Kier molecular flexibility index (Phi) is 6.87. The van der Waals surface area contributed by atoms with Crippen LogP contribution in [-0.4, -0.2) is 46.0 Å². The number of esters is 2. The lowest BCUT2D eigenvalue weighted by Gasteiger charge is -2.10. The first kappa shape index (κ1) is 19.1. The lowest BCUT2D eigenvalue weighted by Crippen LogP contribution is -2.27. The Labute approximate surface area is 140 Å². The Morgan fingerprint density at radius 1 is 1.17 bits per heavy atom. The third kappa shape index (κ3) is 5.06. The van der Waals surface area contributed by atoms with Crippen LogP contribution >= 0.6 is 0 Å². The van der Waals surface area contributed by atoms with E-state index in [2.05, 4.69) is 25.0 Å². The van der Waals surface area contributed by atoms with Crippen molar-refractivity contribution >= 4 is 34.2 Å². The van der Waals surface area contributed by atoms with Crippen LogP contribution in [-0.2, 0) is 14.3 Å². The van der Waals surface area contributed by atoms with E-state index in [4.69, 9.17) is 5.11 Å². The van der Waals surface area contributed by atoms with Gasteiger partial charge in [-0.05, 0) is 26.0 Å². The van der Waals surface area contributed by atoms with E-state index in [1.54, 1.807) is 6.92 Å². The van der Waals surface area contributed by atoms with Gasteiger partial charge in [-0.1, -0.05) is 12.1 Å². The van der Waals surface area contributed by atoms with Gasteiger partial charge in [0.25, 0.3) is 0 Å². The smallest absolute Gasteiger partial charge is 0.411 e. The molecule has 8 nitrogen and oxygen atoms in total. The molecule has 0 unspecified atom stereocenters. The molecular weight excluding hydrogens is 334 g/mol. The van der Waals surface area contributed by atoms with Gasteiger partial charge in [0.05, 0.1) is 28.0 Å². The highest BCUT2D eigenvalue weighted by atomic mass is 28.1. The fraction of sp³-hybridized carbons (Fsp3) is 0.200. The second-order valence-electron chi connectivity index (χ2n) is 4.37. The van der Waals surface area contributed by atoms with Crippen LogP contribution < -0.4 is 5.32 Å². The van der Waals surface area contributed by atoms with Crippen molar-refractivity contribution in [2.75, 3.05) is 6.61 Å². The van der Waals surface area contributed by atoms with E-state index in [-0.39, 0.29) is 28.6 Å². The average Bonchev–Trinajstić information content (AvgIpc) is 2.53. The van der Waals surface area contributed by atoms with E-state index in [0.29, 0.717) is 0 Å². The van der Waals surface area contributed by atoms with E-state index >= 15 is 0 Å². The lowest BCUT2D eigenvalue weighted by molar-refractivity contribution is -0.133. The first-order valence-corrected chi connectivity index (χ1v) is 7.23. The number of aromatic carboxylic acids is 1. The summed E-state index contributed by atoms with van der Waals surface area (Å²) < 4.78 is 9.26. The van der Waals surface area contributed by atoms with Gasteiger partial charge in [0, 0.05) is 10.9 Å². The highest BCUT2D eigenvalue weighted by Gasteiger charge is 2.21. The van der Waals surface area contributed by atoms with Gasteiger partial charge < -0.3 is 14.6 Å². The maximum Gasteiger partial charge on any atom is 0.411 e. The van der Waals surface area contributed by atoms with Gasteiger partial charge >= 0.3 is 24.0 Å². The summed E-state index contributed by atoms with van der Waals surface area (Å²) in [6.45, 7) is 3.04. The second kappa shape index (κ2) is 8.63. The molecule has 0 bridgehead atoms. The van der Waals surface area contributed by atoms with E-state index in [0.717, 1.165) is 0 Å². The number of nitrogens with one attached hydrogen (secondary N) is 1. The van der Waals surface area contributed by atoms with Crippen molar-refractivity contribution in [2.24, 2.45) is 0 Å². The summed E-state index contributed by atoms with van der Waals surface area (Å²) in [6, 6.07) is 5.31. The normalized spacial score (nSPS) is 11.1.